The van der Waals surface area contributed by atoms with Gasteiger partial charge in [0.15, 0.2) is 0 Å². The molecule has 1 aliphatic rings. The average Bonchev–Trinajstić information content (AvgIpc) is 2.89. The number of nitrogens with zero attached hydrogens (tertiary/aromatic N) is 2. The van der Waals surface area contributed by atoms with Crippen LogP contribution in [0.15, 0.2) is 54.6 Å². The van der Waals surface area contributed by atoms with E-state index in [9.17, 15) is 23.1 Å². The maximum atomic E-state index is 12.3. The van der Waals surface area contributed by atoms with E-state index in [1.54, 1.807) is 24.3 Å². The van der Waals surface area contributed by atoms with Crippen molar-refractivity contribution in [3.8, 4) is 23.0 Å². The second-order valence-electron chi connectivity index (χ2n) is 8.57. The maximum Gasteiger partial charge on any atom is 0.573 e. The van der Waals surface area contributed by atoms with Crippen molar-refractivity contribution in [3.63, 3.8) is 0 Å². The number of carboxylic acids is 1. The zero-order chi connectivity index (χ0) is 26.5. The minimum atomic E-state index is -4.73. The van der Waals surface area contributed by atoms with Gasteiger partial charge in [-0.15, -0.1) is 13.2 Å². The van der Waals surface area contributed by atoms with Crippen molar-refractivity contribution in [2.45, 2.75) is 31.0 Å². The molecule has 0 unspecified atom stereocenters. The monoisotopic (exact) mass is 517 g/mol. The van der Waals surface area contributed by atoms with Crippen LogP contribution in [-0.4, -0.2) is 54.3 Å². The van der Waals surface area contributed by atoms with Crippen LogP contribution in [0.3, 0.4) is 0 Å². The second-order valence-corrected chi connectivity index (χ2v) is 8.57. The Morgan fingerprint density at radius 3 is 2.49 bits per heavy atom. The molecule has 2 N–H and O–H groups in total. The molecule has 4 rings (SSSR count). The number of aliphatic carboxylic acids is 1. The Morgan fingerprint density at radius 1 is 1.11 bits per heavy atom. The molecule has 0 amide bonds. The summed E-state index contributed by atoms with van der Waals surface area (Å²) < 4.78 is 51.5. The molecule has 0 radical (unpaired) electrons. The van der Waals surface area contributed by atoms with Crippen LogP contribution in [0.4, 0.5) is 19.0 Å². The number of hydrogen-bond donors (Lipinski definition) is 2. The normalized spacial score (nSPS) is 15.1. The second kappa shape index (κ2) is 11.0. The van der Waals surface area contributed by atoms with Crippen LogP contribution < -0.4 is 14.8 Å². The van der Waals surface area contributed by atoms with E-state index in [2.05, 4.69) is 20.0 Å². The summed E-state index contributed by atoms with van der Waals surface area (Å²) in [5, 5.41) is 13.2. The highest BCUT2D eigenvalue weighted by atomic mass is 19.4. The molecule has 0 aliphatic carbocycles. The third-order valence-corrected chi connectivity index (χ3v) is 6.23. The van der Waals surface area contributed by atoms with Crippen molar-refractivity contribution >= 4 is 11.8 Å². The van der Waals surface area contributed by atoms with E-state index in [1.165, 1.54) is 19.2 Å². The molecule has 2 aromatic carbocycles. The molecule has 2 heterocycles. The lowest BCUT2D eigenvalue weighted by atomic mass is 9.74. The molecule has 8 nitrogen and oxygen atoms in total. The topological polar surface area (TPSA) is 103 Å². The van der Waals surface area contributed by atoms with Crippen LogP contribution >= 0.6 is 0 Å². The number of rotatable bonds is 9. The van der Waals surface area contributed by atoms with Gasteiger partial charge in [-0.25, -0.2) is 0 Å². The summed E-state index contributed by atoms with van der Waals surface area (Å²) in [6, 6.07) is 14.8. The third-order valence-electron chi connectivity index (χ3n) is 6.23. The quantitative estimate of drug-likeness (QED) is 0.416. The number of carbonyl (C=O) groups is 1. The van der Waals surface area contributed by atoms with Crippen molar-refractivity contribution < 1.29 is 37.3 Å². The van der Waals surface area contributed by atoms with Crippen LogP contribution in [-0.2, 0) is 21.4 Å². The number of ether oxygens (including phenoxy) is 3. The van der Waals surface area contributed by atoms with Gasteiger partial charge in [0, 0.05) is 31.4 Å². The van der Waals surface area contributed by atoms with Crippen molar-refractivity contribution in [2.75, 3.05) is 32.2 Å². The fourth-order valence-corrected chi connectivity index (χ4v) is 4.27. The smallest absolute Gasteiger partial charge is 0.481 e. The number of aromatic nitrogens is 2. The zero-order valence-corrected chi connectivity index (χ0v) is 20.0. The number of benzene rings is 2. The number of carboxylic acid groups (broad SMARTS) is 1. The highest BCUT2D eigenvalue weighted by molar-refractivity contribution is 5.82. The van der Waals surface area contributed by atoms with Crippen LogP contribution in [0, 0.1) is 0 Å². The van der Waals surface area contributed by atoms with E-state index in [1.807, 2.05) is 18.2 Å². The Morgan fingerprint density at radius 2 is 1.84 bits per heavy atom. The van der Waals surface area contributed by atoms with Gasteiger partial charge in [0.1, 0.15) is 11.6 Å². The Bertz CT molecular complexity index is 1230. The van der Waals surface area contributed by atoms with Gasteiger partial charge in [0.2, 0.25) is 0 Å². The van der Waals surface area contributed by atoms with Gasteiger partial charge in [-0.05, 0) is 48.6 Å². The SMILES string of the molecule is COc1nc(NCCc2ccc(OC(F)(F)F)cc2)cc(-c2cccc(C3(C(=O)O)CCOCC3)c2)n1. The molecule has 1 aromatic heterocycles. The predicted molar refractivity (Wildman–Crippen MR) is 129 cm³/mol. The molecule has 196 valence electrons. The Hall–Kier alpha value is -3.86. The lowest BCUT2D eigenvalue weighted by molar-refractivity contribution is -0.274. The number of hydrogen-bond acceptors (Lipinski definition) is 7. The fourth-order valence-electron chi connectivity index (χ4n) is 4.27. The number of nitrogens with one attached hydrogen (secondary N) is 1. The van der Waals surface area contributed by atoms with E-state index in [0.717, 1.165) is 5.56 Å². The maximum absolute atomic E-state index is 12.3. The minimum Gasteiger partial charge on any atom is -0.481 e. The van der Waals surface area contributed by atoms with Crippen molar-refractivity contribution in [1.29, 1.82) is 0 Å². The largest absolute Gasteiger partial charge is 0.573 e. The highest BCUT2D eigenvalue weighted by Gasteiger charge is 2.42. The van der Waals surface area contributed by atoms with Crippen molar-refractivity contribution in [3.05, 3.63) is 65.7 Å². The molecular formula is C26H26F3N3O5. The van der Waals surface area contributed by atoms with Gasteiger partial charge < -0.3 is 24.6 Å². The van der Waals surface area contributed by atoms with Crippen molar-refractivity contribution in [1.82, 2.24) is 9.97 Å². The van der Waals surface area contributed by atoms with Gasteiger partial charge in [0.05, 0.1) is 18.2 Å². The first-order valence-corrected chi connectivity index (χ1v) is 11.6. The third kappa shape index (κ3) is 6.48. The molecule has 11 heteroatoms. The summed E-state index contributed by atoms with van der Waals surface area (Å²) in [6.45, 7) is 1.20. The van der Waals surface area contributed by atoms with Gasteiger partial charge >= 0.3 is 18.3 Å². The summed E-state index contributed by atoms with van der Waals surface area (Å²) in [6.07, 6.45) is -3.44. The molecule has 1 saturated heterocycles. The number of halogens is 3. The molecular weight excluding hydrogens is 491 g/mol. The molecule has 0 spiro atoms. The average molecular weight is 518 g/mol. The number of methoxy groups -OCH3 is 1. The Balaban J connectivity index is 1.49. The molecule has 0 atom stereocenters. The van der Waals surface area contributed by atoms with Crippen LogP contribution in [0.2, 0.25) is 0 Å². The minimum absolute atomic E-state index is 0.137. The Kier molecular flexibility index (Phi) is 7.82. The van der Waals surface area contributed by atoms with Gasteiger partial charge in [-0.2, -0.15) is 9.97 Å². The van der Waals surface area contributed by atoms with E-state index in [4.69, 9.17) is 9.47 Å². The molecule has 1 aliphatic heterocycles. The van der Waals surface area contributed by atoms with E-state index >= 15 is 0 Å². The predicted octanol–water partition coefficient (Wildman–Crippen LogP) is 4.84. The first-order valence-electron chi connectivity index (χ1n) is 11.6. The summed E-state index contributed by atoms with van der Waals surface area (Å²) >= 11 is 0. The van der Waals surface area contributed by atoms with Crippen LogP contribution in [0.1, 0.15) is 24.0 Å². The van der Waals surface area contributed by atoms with E-state index < -0.39 is 17.7 Å². The lowest BCUT2D eigenvalue weighted by Crippen LogP contribution is -2.41. The van der Waals surface area contributed by atoms with E-state index in [-0.39, 0.29) is 11.8 Å². The lowest BCUT2D eigenvalue weighted by Gasteiger charge is -2.33. The first-order chi connectivity index (χ1) is 17.7. The summed E-state index contributed by atoms with van der Waals surface area (Å²) in [5.41, 5.74) is 1.75. The molecule has 3 aromatic rings. The first kappa shape index (κ1) is 26.2. The number of anilines is 1. The van der Waals surface area contributed by atoms with Gasteiger partial charge in [0.25, 0.3) is 0 Å². The number of alkyl halides is 3. The summed E-state index contributed by atoms with van der Waals surface area (Å²) in [4.78, 5) is 21.0. The molecule has 37 heavy (non-hydrogen) atoms. The van der Waals surface area contributed by atoms with E-state index in [0.29, 0.717) is 61.7 Å². The summed E-state index contributed by atoms with van der Waals surface area (Å²) in [5.74, 6) is -0.668. The molecule has 0 bridgehead atoms. The van der Waals surface area contributed by atoms with Gasteiger partial charge in [-0.3, -0.25) is 4.79 Å². The highest BCUT2D eigenvalue weighted by Crippen LogP contribution is 2.37. The summed E-state index contributed by atoms with van der Waals surface area (Å²) in [7, 11) is 1.45. The van der Waals surface area contributed by atoms with Crippen molar-refractivity contribution in [2.24, 2.45) is 0 Å². The molecule has 1 fully saturated rings. The van der Waals surface area contributed by atoms with Crippen LogP contribution in [0.25, 0.3) is 11.3 Å². The van der Waals surface area contributed by atoms with Crippen LogP contribution in [0.5, 0.6) is 11.8 Å². The zero-order valence-electron chi connectivity index (χ0n) is 20.0. The molecule has 0 saturated carbocycles. The van der Waals surface area contributed by atoms with Gasteiger partial charge in [-0.1, -0.05) is 30.3 Å². The Labute approximate surface area is 211 Å². The standard InChI is InChI=1S/C26H26F3N3O5/c1-35-24-31-21(18-3-2-4-19(15-18)25(23(33)34)10-13-36-14-11-25)16-22(32-24)30-12-9-17-5-7-20(8-6-17)37-26(27,28)29/h2-8,15-16H,9-14H2,1H3,(H,33,34)(H,30,31,32). The fraction of sp³-hybridized carbons (Fsp3) is 0.346.